The molecular weight excluding hydrogens is 398 g/mol. The van der Waals surface area contributed by atoms with Gasteiger partial charge in [0.25, 0.3) is 5.91 Å². The summed E-state index contributed by atoms with van der Waals surface area (Å²) < 4.78 is 6.08. The molecule has 0 aliphatic rings. The molecule has 0 saturated heterocycles. The van der Waals surface area contributed by atoms with Crippen molar-refractivity contribution in [2.75, 3.05) is 13.7 Å². The second-order valence-corrected chi connectivity index (χ2v) is 6.06. The molecule has 2 rings (SSSR count). The summed E-state index contributed by atoms with van der Waals surface area (Å²) in [5, 5.41) is 6.36. The maximum atomic E-state index is 11.7. The predicted octanol–water partition coefficient (Wildman–Crippen LogP) is 2.74. The Morgan fingerprint density at radius 2 is 1.96 bits per heavy atom. The van der Waals surface area contributed by atoms with E-state index < -0.39 is 5.91 Å². The molecule has 2 N–H and O–H groups in total. The van der Waals surface area contributed by atoms with Crippen molar-refractivity contribution in [1.82, 2.24) is 10.7 Å². The summed E-state index contributed by atoms with van der Waals surface area (Å²) in [6, 6.07) is 14.8. The molecular formula is C19H18BrN3O3. The van der Waals surface area contributed by atoms with Crippen molar-refractivity contribution < 1.29 is 14.3 Å². The highest BCUT2D eigenvalue weighted by Gasteiger charge is 2.03. The molecule has 7 heteroatoms. The lowest BCUT2D eigenvalue weighted by atomic mass is 10.2. The highest BCUT2D eigenvalue weighted by molar-refractivity contribution is 9.10. The molecule has 6 nitrogen and oxygen atoms in total. The van der Waals surface area contributed by atoms with Crippen LogP contribution in [0.2, 0.25) is 0 Å². The number of carbonyl (C=O) groups is 2. The average molecular weight is 416 g/mol. The highest BCUT2D eigenvalue weighted by atomic mass is 79.9. The zero-order valence-electron chi connectivity index (χ0n) is 14.1. The minimum atomic E-state index is -0.434. The zero-order chi connectivity index (χ0) is 18.8. The molecule has 0 fully saturated rings. The van der Waals surface area contributed by atoms with E-state index in [1.807, 2.05) is 42.5 Å². The van der Waals surface area contributed by atoms with E-state index in [-0.39, 0.29) is 12.5 Å². The number of methoxy groups -OCH3 is 1. The van der Waals surface area contributed by atoms with Gasteiger partial charge in [-0.1, -0.05) is 46.3 Å². The Balaban J connectivity index is 1.79. The Labute approximate surface area is 160 Å². The fourth-order valence-corrected chi connectivity index (χ4v) is 2.36. The predicted molar refractivity (Wildman–Crippen MR) is 105 cm³/mol. The van der Waals surface area contributed by atoms with Crippen molar-refractivity contribution in [1.29, 1.82) is 0 Å². The largest absolute Gasteiger partial charge is 0.496 e. The van der Waals surface area contributed by atoms with Crippen molar-refractivity contribution in [3.05, 3.63) is 70.2 Å². The molecule has 0 atom stereocenters. The van der Waals surface area contributed by atoms with Gasteiger partial charge in [-0.3, -0.25) is 9.59 Å². The first-order chi connectivity index (χ1) is 12.6. The first-order valence-electron chi connectivity index (χ1n) is 7.75. The number of hydrazone groups is 1. The third-order valence-electron chi connectivity index (χ3n) is 3.23. The lowest BCUT2D eigenvalue weighted by Crippen LogP contribution is -2.34. The maximum absolute atomic E-state index is 11.7. The molecule has 0 spiro atoms. The van der Waals surface area contributed by atoms with Crippen LogP contribution in [0.15, 0.2) is 64.2 Å². The van der Waals surface area contributed by atoms with Gasteiger partial charge in [0.05, 0.1) is 19.9 Å². The van der Waals surface area contributed by atoms with Crippen molar-refractivity contribution in [3.8, 4) is 5.75 Å². The number of nitrogens with zero attached hydrogens (tertiary/aromatic N) is 1. The van der Waals surface area contributed by atoms with E-state index in [1.165, 1.54) is 12.3 Å². The number of ether oxygens (including phenoxy) is 1. The zero-order valence-corrected chi connectivity index (χ0v) is 15.7. The molecule has 0 saturated carbocycles. The second kappa shape index (κ2) is 10.1. The number of hydrogen-bond acceptors (Lipinski definition) is 4. The number of carbonyl (C=O) groups excluding carboxylic acids is 2. The molecule has 0 aromatic heterocycles. The first-order valence-corrected chi connectivity index (χ1v) is 8.54. The summed E-state index contributed by atoms with van der Waals surface area (Å²) in [5.74, 6) is -0.163. The summed E-state index contributed by atoms with van der Waals surface area (Å²) >= 11 is 3.36. The summed E-state index contributed by atoms with van der Waals surface area (Å²) in [7, 11) is 1.55. The van der Waals surface area contributed by atoms with Crippen molar-refractivity contribution in [2.24, 2.45) is 5.10 Å². The Bertz CT molecular complexity index is 820. The van der Waals surface area contributed by atoms with Gasteiger partial charge < -0.3 is 10.1 Å². The van der Waals surface area contributed by atoms with Gasteiger partial charge in [-0.15, -0.1) is 0 Å². The number of hydrogen-bond donors (Lipinski definition) is 2. The molecule has 2 aromatic carbocycles. The average Bonchev–Trinajstić information content (AvgIpc) is 2.66. The smallest absolute Gasteiger partial charge is 0.259 e. The molecule has 2 amide bonds. The number of amides is 2. The molecule has 0 bridgehead atoms. The van der Waals surface area contributed by atoms with Crippen LogP contribution in [0.5, 0.6) is 5.75 Å². The molecule has 2 aromatic rings. The Kier molecular flexibility index (Phi) is 7.57. The quantitative estimate of drug-likeness (QED) is 0.414. The van der Waals surface area contributed by atoms with Crippen LogP contribution in [-0.4, -0.2) is 31.7 Å². The van der Waals surface area contributed by atoms with E-state index in [1.54, 1.807) is 19.3 Å². The van der Waals surface area contributed by atoms with E-state index in [4.69, 9.17) is 4.74 Å². The fraction of sp³-hybridized carbons (Fsp3) is 0.105. The van der Waals surface area contributed by atoms with Crippen LogP contribution in [-0.2, 0) is 9.59 Å². The number of nitrogens with one attached hydrogen (secondary N) is 2. The van der Waals surface area contributed by atoms with Crippen LogP contribution in [0.1, 0.15) is 11.1 Å². The standard InChI is InChI=1S/C19H18BrN3O3/c1-26-17-9-8-16(20)11-15(17)12-22-23-19(25)13-21-18(24)10-7-14-5-3-2-4-6-14/h2-12H,13H2,1H3,(H,21,24)(H,23,25). The maximum Gasteiger partial charge on any atom is 0.259 e. The number of rotatable bonds is 7. The van der Waals surface area contributed by atoms with Crippen molar-refractivity contribution in [2.45, 2.75) is 0 Å². The Morgan fingerprint density at radius 3 is 2.69 bits per heavy atom. The molecule has 0 heterocycles. The van der Waals surface area contributed by atoms with Gasteiger partial charge in [-0.2, -0.15) is 5.10 Å². The van der Waals surface area contributed by atoms with Crippen LogP contribution in [0.4, 0.5) is 0 Å². The van der Waals surface area contributed by atoms with Gasteiger partial charge >= 0.3 is 0 Å². The first kappa shape index (κ1) is 19.4. The SMILES string of the molecule is COc1ccc(Br)cc1C=NNC(=O)CNC(=O)C=Cc1ccccc1. The lowest BCUT2D eigenvalue weighted by molar-refractivity contribution is -0.123. The molecule has 0 unspecified atom stereocenters. The summed E-state index contributed by atoms with van der Waals surface area (Å²) in [5.41, 5.74) is 3.96. The molecule has 0 aliphatic carbocycles. The monoisotopic (exact) mass is 415 g/mol. The van der Waals surface area contributed by atoms with Gasteiger partial charge in [0.2, 0.25) is 5.91 Å². The van der Waals surface area contributed by atoms with Gasteiger partial charge in [0, 0.05) is 16.1 Å². The Hall–Kier alpha value is -2.93. The minimum absolute atomic E-state index is 0.176. The van der Waals surface area contributed by atoms with Gasteiger partial charge in [-0.05, 0) is 29.8 Å². The van der Waals surface area contributed by atoms with Crippen LogP contribution in [0.3, 0.4) is 0 Å². The van der Waals surface area contributed by atoms with Gasteiger partial charge in [-0.25, -0.2) is 5.43 Å². The summed E-state index contributed by atoms with van der Waals surface area (Å²) in [4.78, 5) is 23.4. The summed E-state index contributed by atoms with van der Waals surface area (Å²) in [6.07, 6.45) is 4.52. The van der Waals surface area contributed by atoms with Crippen LogP contribution < -0.4 is 15.5 Å². The van der Waals surface area contributed by atoms with Crippen LogP contribution in [0, 0.1) is 0 Å². The van der Waals surface area contributed by atoms with Crippen LogP contribution >= 0.6 is 15.9 Å². The third-order valence-corrected chi connectivity index (χ3v) is 3.73. The van der Waals surface area contributed by atoms with Gasteiger partial charge in [0.15, 0.2) is 0 Å². The molecule has 134 valence electrons. The number of benzene rings is 2. The van der Waals surface area contributed by atoms with Crippen LogP contribution in [0.25, 0.3) is 6.08 Å². The lowest BCUT2D eigenvalue weighted by Gasteiger charge is -2.05. The number of halogens is 1. The summed E-state index contributed by atoms with van der Waals surface area (Å²) in [6.45, 7) is -0.176. The van der Waals surface area contributed by atoms with E-state index in [9.17, 15) is 9.59 Å². The fourth-order valence-electron chi connectivity index (χ4n) is 1.98. The van der Waals surface area contributed by atoms with E-state index in [2.05, 4.69) is 31.8 Å². The Morgan fingerprint density at radius 1 is 1.19 bits per heavy atom. The van der Waals surface area contributed by atoms with E-state index in [0.717, 1.165) is 10.0 Å². The van der Waals surface area contributed by atoms with Crippen molar-refractivity contribution >= 4 is 40.0 Å². The molecule has 26 heavy (non-hydrogen) atoms. The molecule has 0 radical (unpaired) electrons. The topological polar surface area (TPSA) is 79.8 Å². The molecule has 0 aliphatic heterocycles. The van der Waals surface area contributed by atoms with Crippen molar-refractivity contribution in [3.63, 3.8) is 0 Å². The second-order valence-electron chi connectivity index (χ2n) is 5.14. The highest BCUT2D eigenvalue weighted by Crippen LogP contribution is 2.21. The normalized spacial score (nSPS) is 10.8. The van der Waals surface area contributed by atoms with E-state index in [0.29, 0.717) is 11.3 Å². The van der Waals surface area contributed by atoms with Gasteiger partial charge in [0.1, 0.15) is 5.75 Å². The third kappa shape index (κ3) is 6.52. The minimum Gasteiger partial charge on any atom is -0.496 e. The van der Waals surface area contributed by atoms with E-state index >= 15 is 0 Å².